The molecule has 1 fully saturated rings. The van der Waals surface area contributed by atoms with Crippen molar-refractivity contribution in [2.75, 3.05) is 47.5 Å². The molecule has 0 atom stereocenters. The van der Waals surface area contributed by atoms with Crippen LogP contribution in [-0.4, -0.2) is 63.2 Å². The van der Waals surface area contributed by atoms with E-state index in [9.17, 15) is 4.79 Å². The van der Waals surface area contributed by atoms with Crippen molar-refractivity contribution in [2.24, 2.45) is 0 Å². The second kappa shape index (κ2) is 10.9. The first-order chi connectivity index (χ1) is 16.6. The highest BCUT2D eigenvalue weighted by atomic mass is 16.5. The van der Waals surface area contributed by atoms with E-state index < -0.39 is 0 Å². The van der Waals surface area contributed by atoms with Crippen molar-refractivity contribution in [1.29, 1.82) is 0 Å². The number of methoxy groups -OCH3 is 3. The monoisotopic (exact) mass is 462 g/mol. The second-order valence-electron chi connectivity index (χ2n) is 8.00. The SMILES string of the molecule is COc1ccc(CN2CCN(C(=O)c3cccc(Oc4ccccc4)c3)CC2)c(OC)c1OC. The topological polar surface area (TPSA) is 60.5 Å². The fraction of sp³-hybridized carbons (Fsp3) is 0.296. The maximum atomic E-state index is 13.1. The molecule has 1 aliphatic rings. The van der Waals surface area contributed by atoms with E-state index in [1.54, 1.807) is 27.4 Å². The average molecular weight is 463 g/mol. The minimum Gasteiger partial charge on any atom is -0.493 e. The van der Waals surface area contributed by atoms with Gasteiger partial charge in [0.05, 0.1) is 21.3 Å². The Hall–Kier alpha value is -3.71. The van der Waals surface area contributed by atoms with Crippen molar-refractivity contribution in [3.05, 3.63) is 77.9 Å². The summed E-state index contributed by atoms with van der Waals surface area (Å²) in [5.41, 5.74) is 1.65. The Morgan fingerprint density at radius 2 is 1.47 bits per heavy atom. The van der Waals surface area contributed by atoms with Gasteiger partial charge in [-0.2, -0.15) is 0 Å². The van der Waals surface area contributed by atoms with Crippen LogP contribution in [0.4, 0.5) is 0 Å². The number of ether oxygens (including phenoxy) is 4. The van der Waals surface area contributed by atoms with Crippen molar-refractivity contribution < 1.29 is 23.7 Å². The van der Waals surface area contributed by atoms with Crippen LogP contribution in [-0.2, 0) is 6.54 Å². The smallest absolute Gasteiger partial charge is 0.254 e. The highest BCUT2D eigenvalue weighted by molar-refractivity contribution is 5.94. The van der Waals surface area contributed by atoms with Gasteiger partial charge >= 0.3 is 0 Å². The van der Waals surface area contributed by atoms with Crippen LogP contribution in [0.3, 0.4) is 0 Å². The Morgan fingerprint density at radius 3 is 2.15 bits per heavy atom. The first-order valence-electron chi connectivity index (χ1n) is 11.3. The van der Waals surface area contributed by atoms with Gasteiger partial charge in [-0.3, -0.25) is 9.69 Å². The molecule has 1 heterocycles. The molecule has 0 unspecified atom stereocenters. The van der Waals surface area contributed by atoms with E-state index in [0.29, 0.717) is 48.2 Å². The van der Waals surface area contributed by atoms with Gasteiger partial charge < -0.3 is 23.8 Å². The van der Waals surface area contributed by atoms with Crippen molar-refractivity contribution in [1.82, 2.24) is 9.80 Å². The highest BCUT2D eigenvalue weighted by Gasteiger charge is 2.24. The third-order valence-electron chi connectivity index (χ3n) is 5.90. The van der Waals surface area contributed by atoms with Crippen molar-refractivity contribution >= 4 is 5.91 Å². The molecule has 3 aromatic rings. The first-order valence-corrected chi connectivity index (χ1v) is 11.3. The fourth-order valence-corrected chi connectivity index (χ4v) is 4.14. The van der Waals surface area contributed by atoms with E-state index in [4.69, 9.17) is 18.9 Å². The van der Waals surface area contributed by atoms with Crippen LogP contribution in [0.5, 0.6) is 28.7 Å². The maximum Gasteiger partial charge on any atom is 0.254 e. The molecular formula is C27H30N2O5. The molecule has 7 heteroatoms. The summed E-state index contributed by atoms with van der Waals surface area (Å²) in [6.45, 7) is 3.54. The molecule has 3 aromatic carbocycles. The number of carbonyl (C=O) groups is 1. The lowest BCUT2D eigenvalue weighted by Crippen LogP contribution is -2.48. The summed E-state index contributed by atoms with van der Waals surface area (Å²) >= 11 is 0. The first kappa shape index (κ1) is 23.4. The zero-order valence-electron chi connectivity index (χ0n) is 19.8. The van der Waals surface area contributed by atoms with Crippen LogP contribution in [0.15, 0.2) is 66.7 Å². The number of hydrogen-bond donors (Lipinski definition) is 0. The van der Waals surface area contributed by atoms with Gasteiger partial charge in [0.1, 0.15) is 11.5 Å². The van der Waals surface area contributed by atoms with Crippen molar-refractivity contribution in [2.45, 2.75) is 6.54 Å². The molecule has 4 rings (SSSR count). The van der Waals surface area contributed by atoms with E-state index in [1.165, 1.54) is 0 Å². The minimum atomic E-state index is 0.0156. The summed E-state index contributed by atoms with van der Waals surface area (Å²) in [4.78, 5) is 17.3. The molecule has 0 N–H and O–H groups in total. The van der Waals surface area contributed by atoms with Gasteiger partial charge in [0.15, 0.2) is 11.5 Å². The molecule has 0 bridgehead atoms. The van der Waals surface area contributed by atoms with Gasteiger partial charge in [-0.15, -0.1) is 0 Å². The lowest BCUT2D eigenvalue weighted by atomic mass is 10.1. The van der Waals surface area contributed by atoms with E-state index in [-0.39, 0.29) is 5.91 Å². The van der Waals surface area contributed by atoms with E-state index in [2.05, 4.69) is 4.90 Å². The molecule has 34 heavy (non-hydrogen) atoms. The molecule has 0 spiro atoms. The molecule has 0 saturated carbocycles. The predicted molar refractivity (Wildman–Crippen MR) is 130 cm³/mol. The Bertz CT molecular complexity index is 1110. The number of hydrogen-bond acceptors (Lipinski definition) is 6. The Labute approximate surface area is 200 Å². The number of amides is 1. The lowest BCUT2D eigenvalue weighted by Gasteiger charge is -2.35. The van der Waals surface area contributed by atoms with E-state index in [1.807, 2.05) is 65.6 Å². The number of nitrogens with zero attached hydrogens (tertiary/aromatic N) is 2. The summed E-state index contributed by atoms with van der Waals surface area (Å²) in [6, 6.07) is 20.8. The largest absolute Gasteiger partial charge is 0.493 e. The highest BCUT2D eigenvalue weighted by Crippen LogP contribution is 2.40. The summed E-state index contributed by atoms with van der Waals surface area (Å²) in [5, 5.41) is 0. The molecule has 178 valence electrons. The number of carbonyl (C=O) groups excluding carboxylic acids is 1. The van der Waals surface area contributed by atoms with E-state index >= 15 is 0 Å². The van der Waals surface area contributed by atoms with Gasteiger partial charge in [0.2, 0.25) is 5.75 Å². The van der Waals surface area contributed by atoms with E-state index in [0.717, 1.165) is 24.4 Å². The number of rotatable bonds is 8. The summed E-state index contributed by atoms with van der Waals surface area (Å²) in [5.74, 6) is 3.31. The van der Waals surface area contributed by atoms with Crippen LogP contribution >= 0.6 is 0 Å². The Balaban J connectivity index is 1.38. The predicted octanol–water partition coefficient (Wildman–Crippen LogP) is 4.46. The fourth-order valence-electron chi connectivity index (χ4n) is 4.14. The van der Waals surface area contributed by atoms with Gasteiger partial charge in [-0.25, -0.2) is 0 Å². The standard InChI is InChI=1S/C27H30N2O5/c1-31-24-13-12-21(25(32-2)26(24)33-3)19-28-14-16-29(17-15-28)27(30)20-8-7-11-23(18-20)34-22-9-5-4-6-10-22/h4-13,18H,14-17,19H2,1-3H3. The molecule has 7 nitrogen and oxygen atoms in total. The quantitative estimate of drug-likeness (QED) is 0.493. The third kappa shape index (κ3) is 5.26. The van der Waals surface area contributed by atoms with Gasteiger partial charge in [0.25, 0.3) is 5.91 Å². The number of piperazine rings is 1. The molecule has 0 aromatic heterocycles. The Morgan fingerprint density at radius 1 is 0.765 bits per heavy atom. The lowest BCUT2D eigenvalue weighted by molar-refractivity contribution is 0.0627. The Kier molecular flexibility index (Phi) is 7.54. The van der Waals surface area contributed by atoms with Crippen molar-refractivity contribution in [3.63, 3.8) is 0 Å². The molecule has 0 aliphatic carbocycles. The van der Waals surface area contributed by atoms with Crippen LogP contribution in [0, 0.1) is 0 Å². The van der Waals surface area contributed by atoms with Crippen LogP contribution in [0.1, 0.15) is 15.9 Å². The number of para-hydroxylation sites is 1. The summed E-state index contributed by atoms with van der Waals surface area (Å²) in [6.07, 6.45) is 0. The van der Waals surface area contributed by atoms with Gasteiger partial charge in [-0.05, 0) is 36.4 Å². The summed E-state index contributed by atoms with van der Waals surface area (Å²) < 4.78 is 22.4. The second-order valence-corrected chi connectivity index (χ2v) is 8.00. The maximum absolute atomic E-state index is 13.1. The molecule has 1 saturated heterocycles. The van der Waals surface area contributed by atoms with Crippen LogP contribution in [0.2, 0.25) is 0 Å². The van der Waals surface area contributed by atoms with Gasteiger partial charge in [0, 0.05) is 43.9 Å². The summed E-state index contributed by atoms with van der Waals surface area (Å²) in [7, 11) is 4.85. The van der Waals surface area contributed by atoms with Gasteiger partial charge in [-0.1, -0.05) is 30.3 Å². The third-order valence-corrected chi connectivity index (χ3v) is 5.90. The molecular weight excluding hydrogens is 432 g/mol. The van der Waals surface area contributed by atoms with Crippen LogP contribution in [0.25, 0.3) is 0 Å². The molecule has 1 amide bonds. The molecule has 0 radical (unpaired) electrons. The minimum absolute atomic E-state index is 0.0156. The zero-order valence-corrected chi connectivity index (χ0v) is 19.8. The zero-order chi connectivity index (χ0) is 23.9. The van der Waals surface area contributed by atoms with Crippen molar-refractivity contribution in [3.8, 4) is 28.7 Å². The number of benzene rings is 3. The van der Waals surface area contributed by atoms with Crippen LogP contribution < -0.4 is 18.9 Å². The molecule has 1 aliphatic heterocycles. The average Bonchev–Trinajstić information content (AvgIpc) is 2.89. The normalized spacial score (nSPS) is 13.9.